The Labute approximate surface area is 176 Å². The van der Waals surface area contributed by atoms with E-state index in [1.54, 1.807) is 18.7 Å². The molecule has 29 heavy (non-hydrogen) atoms. The van der Waals surface area contributed by atoms with E-state index in [4.69, 9.17) is 0 Å². The van der Waals surface area contributed by atoms with Gasteiger partial charge < -0.3 is 20.2 Å². The van der Waals surface area contributed by atoms with Crippen LogP contribution in [0.2, 0.25) is 0 Å². The second-order valence-electron chi connectivity index (χ2n) is 9.07. The van der Waals surface area contributed by atoms with E-state index in [-0.39, 0.29) is 41.5 Å². The molecule has 7 nitrogen and oxygen atoms in total. The molecule has 0 unspecified atom stereocenters. The van der Waals surface area contributed by atoms with E-state index in [9.17, 15) is 24.9 Å². The van der Waals surface area contributed by atoms with Crippen molar-refractivity contribution in [1.29, 1.82) is 0 Å². The Kier molecular flexibility index (Phi) is 5.99. The fourth-order valence-electron chi connectivity index (χ4n) is 5.88. The zero-order valence-corrected chi connectivity index (χ0v) is 18.0. The van der Waals surface area contributed by atoms with E-state index in [1.165, 1.54) is 37.0 Å². The molecule has 162 valence electrons. The summed E-state index contributed by atoms with van der Waals surface area (Å²) in [6.45, 7) is 4.55. The topological polar surface area (TPSA) is 101 Å². The van der Waals surface area contributed by atoms with E-state index in [0.29, 0.717) is 6.04 Å². The van der Waals surface area contributed by atoms with Gasteiger partial charge in [-0.05, 0) is 26.2 Å². The number of nitrogens with zero attached hydrogens (tertiary/aromatic N) is 2. The first-order chi connectivity index (χ1) is 13.8. The van der Waals surface area contributed by atoms with Crippen LogP contribution in [-0.4, -0.2) is 79.6 Å². The molecule has 6 atom stereocenters. The van der Waals surface area contributed by atoms with E-state index >= 15 is 0 Å². The van der Waals surface area contributed by atoms with Gasteiger partial charge in [0.05, 0.1) is 24.7 Å². The van der Waals surface area contributed by atoms with Crippen LogP contribution in [0.25, 0.3) is 0 Å². The Hall–Kier alpha value is -1.09. The second-order valence-corrected chi connectivity index (χ2v) is 10.4. The summed E-state index contributed by atoms with van der Waals surface area (Å²) in [5.74, 6) is -1.97. The van der Waals surface area contributed by atoms with Crippen LogP contribution in [0.1, 0.15) is 52.4 Å². The highest BCUT2D eigenvalue weighted by atomic mass is 32.2. The molecule has 3 heterocycles. The van der Waals surface area contributed by atoms with Gasteiger partial charge in [-0.15, -0.1) is 11.8 Å². The maximum atomic E-state index is 12.5. The third-order valence-corrected chi connectivity index (χ3v) is 8.77. The number of carbonyl (C=O) groups excluding carboxylic acids is 1. The van der Waals surface area contributed by atoms with Gasteiger partial charge in [0.25, 0.3) is 0 Å². The number of carboxylic acid groups (broad SMARTS) is 1. The summed E-state index contributed by atoms with van der Waals surface area (Å²) in [7, 11) is 0. The monoisotopic (exact) mass is 424 g/mol. The molecule has 0 radical (unpaired) electrons. The summed E-state index contributed by atoms with van der Waals surface area (Å²) in [6, 6.07) is 0.382. The predicted octanol–water partition coefficient (Wildman–Crippen LogP) is 1.64. The fraction of sp³-hybridized carbons (Fsp3) is 0.810. The molecule has 3 N–H and O–H groups in total. The van der Waals surface area contributed by atoms with Crippen LogP contribution in [0.3, 0.4) is 0 Å². The number of hydrogen-bond donors (Lipinski definition) is 3. The van der Waals surface area contributed by atoms with Crippen molar-refractivity contribution in [1.82, 2.24) is 9.80 Å². The predicted molar refractivity (Wildman–Crippen MR) is 110 cm³/mol. The lowest BCUT2D eigenvalue weighted by Gasteiger charge is -2.46. The molecule has 0 bridgehead atoms. The fourth-order valence-corrected chi connectivity index (χ4v) is 7.46. The van der Waals surface area contributed by atoms with Gasteiger partial charge in [0, 0.05) is 34.7 Å². The number of carbonyl (C=O) groups is 2. The van der Waals surface area contributed by atoms with Crippen LogP contribution in [-0.2, 0) is 9.59 Å². The molecule has 1 amide bonds. The number of aliphatic hydroxyl groups is 2. The average molecular weight is 425 g/mol. The summed E-state index contributed by atoms with van der Waals surface area (Å²) in [4.78, 5) is 29.1. The Morgan fingerprint density at radius 1 is 1.28 bits per heavy atom. The molecule has 0 aromatic carbocycles. The SMILES string of the molecule is C[C@@H](O)[C@H]1C(=O)N2C(C(=O)O)=C(S[C@@H]3C[C@@H](CO)N(C4CCCCC4)C3)[C@H](C)[C@H]12. The summed E-state index contributed by atoms with van der Waals surface area (Å²) in [6.07, 6.45) is 6.16. The van der Waals surface area contributed by atoms with Crippen LogP contribution in [0.15, 0.2) is 10.6 Å². The minimum Gasteiger partial charge on any atom is -0.477 e. The van der Waals surface area contributed by atoms with Crippen molar-refractivity contribution < 1.29 is 24.9 Å². The molecule has 1 saturated carbocycles. The van der Waals surface area contributed by atoms with Gasteiger partial charge in [0.1, 0.15) is 5.70 Å². The maximum absolute atomic E-state index is 12.5. The van der Waals surface area contributed by atoms with Crippen LogP contribution in [0.4, 0.5) is 0 Å². The second kappa shape index (κ2) is 8.21. The summed E-state index contributed by atoms with van der Waals surface area (Å²) >= 11 is 1.58. The average Bonchev–Trinajstić information content (AvgIpc) is 3.20. The first-order valence-electron chi connectivity index (χ1n) is 10.9. The number of β-lactam (4-membered cyclic amide) rings is 1. The van der Waals surface area contributed by atoms with Crippen LogP contribution < -0.4 is 0 Å². The Morgan fingerprint density at radius 3 is 2.55 bits per heavy atom. The van der Waals surface area contributed by atoms with Crippen LogP contribution in [0, 0.1) is 11.8 Å². The minimum atomic E-state index is -1.07. The number of likely N-dealkylation sites (tertiary alicyclic amines) is 1. The molecule has 0 aromatic rings. The number of aliphatic hydroxyl groups excluding tert-OH is 2. The molecule has 3 aliphatic heterocycles. The largest absolute Gasteiger partial charge is 0.477 e. The maximum Gasteiger partial charge on any atom is 0.353 e. The quantitative estimate of drug-likeness (QED) is 0.557. The Morgan fingerprint density at radius 2 is 1.97 bits per heavy atom. The van der Waals surface area contributed by atoms with E-state index in [0.717, 1.165) is 17.9 Å². The van der Waals surface area contributed by atoms with Gasteiger partial charge in [0.2, 0.25) is 5.91 Å². The molecule has 2 saturated heterocycles. The van der Waals surface area contributed by atoms with Crippen molar-refractivity contribution in [2.24, 2.45) is 11.8 Å². The highest BCUT2D eigenvalue weighted by molar-refractivity contribution is 8.03. The molecule has 8 heteroatoms. The van der Waals surface area contributed by atoms with Crippen molar-refractivity contribution in [3.05, 3.63) is 10.6 Å². The number of carboxylic acids is 1. The van der Waals surface area contributed by atoms with E-state index < -0.39 is 18.0 Å². The van der Waals surface area contributed by atoms with Crippen molar-refractivity contribution >= 4 is 23.6 Å². The zero-order chi connectivity index (χ0) is 20.9. The van der Waals surface area contributed by atoms with Crippen molar-refractivity contribution in [2.45, 2.75) is 81.9 Å². The standard InChI is InChI=1S/C21H32N2O5S/c1-11-17-16(12(2)25)20(26)23(17)18(21(27)28)19(11)29-15-8-14(10-24)22(9-15)13-6-4-3-5-7-13/h11-17,24-25H,3-10H2,1-2H3,(H,27,28)/t11-,12-,14+,15-,16-,17-/m1/s1. The third kappa shape index (κ3) is 3.52. The number of amides is 1. The number of aliphatic carboxylic acids is 1. The zero-order valence-electron chi connectivity index (χ0n) is 17.2. The highest BCUT2D eigenvalue weighted by Gasteiger charge is 2.60. The van der Waals surface area contributed by atoms with Gasteiger partial charge in [-0.25, -0.2) is 4.79 Å². The van der Waals surface area contributed by atoms with Crippen molar-refractivity contribution in [2.75, 3.05) is 13.2 Å². The molecular formula is C21H32N2O5S. The summed E-state index contributed by atoms with van der Waals surface area (Å²) in [5.41, 5.74) is 0.103. The normalized spacial score (nSPS) is 37.0. The van der Waals surface area contributed by atoms with E-state index in [2.05, 4.69) is 4.90 Å². The molecule has 0 spiro atoms. The lowest BCUT2D eigenvalue weighted by molar-refractivity contribution is -0.163. The van der Waals surface area contributed by atoms with Crippen molar-refractivity contribution in [3.63, 3.8) is 0 Å². The lowest BCUT2D eigenvalue weighted by Crippen LogP contribution is -2.63. The molecule has 3 fully saturated rings. The lowest BCUT2D eigenvalue weighted by atomic mass is 9.79. The van der Waals surface area contributed by atoms with Crippen LogP contribution in [0.5, 0.6) is 0 Å². The van der Waals surface area contributed by atoms with Gasteiger partial charge in [-0.1, -0.05) is 26.2 Å². The smallest absolute Gasteiger partial charge is 0.353 e. The first kappa shape index (κ1) is 21.2. The number of rotatable bonds is 6. The molecule has 1 aliphatic carbocycles. The number of fused-ring (bicyclic) bond motifs is 1. The molecule has 0 aromatic heterocycles. The molecular weight excluding hydrogens is 392 g/mol. The minimum absolute atomic E-state index is 0.0975. The number of thioether (sulfide) groups is 1. The van der Waals surface area contributed by atoms with Gasteiger partial charge in [-0.2, -0.15) is 0 Å². The molecule has 4 aliphatic rings. The van der Waals surface area contributed by atoms with Gasteiger partial charge in [-0.3, -0.25) is 9.69 Å². The van der Waals surface area contributed by atoms with Gasteiger partial charge in [0.15, 0.2) is 0 Å². The van der Waals surface area contributed by atoms with E-state index in [1.807, 2.05) is 6.92 Å². The number of hydrogen-bond acceptors (Lipinski definition) is 6. The van der Waals surface area contributed by atoms with Crippen LogP contribution >= 0.6 is 11.8 Å². The third-order valence-electron chi connectivity index (χ3n) is 7.28. The highest BCUT2D eigenvalue weighted by Crippen LogP contribution is 2.52. The van der Waals surface area contributed by atoms with Crippen molar-refractivity contribution in [3.8, 4) is 0 Å². The first-order valence-corrected chi connectivity index (χ1v) is 11.7. The Balaban J connectivity index is 1.52. The Bertz CT molecular complexity index is 705. The van der Waals surface area contributed by atoms with Gasteiger partial charge >= 0.3 is 5.97 Å². The summed E-state index contributed by atoms with van der Waals surface area (Å²) in [5, 5.41) is 29.9. The molecule has 4 rings (SSSR count). The summed E-state index contributed by atoms with van der Waals surface area (Å²) < 4.78 is 0.